The molecule has 0 radical (unpaired) electrons. The molecule has 3 atom stereocenters. The Hall–Kier alpha value is -3.04. The van der Waals surface area contributed by atoms with Gasteiger partial charge in [-0.15, -0.1) is 0 Å². The number of hydrogen-bond donors (Lipinski definition) is 4. The van der Waals surface area contributed by atoms with E-state index in [2.05, 4.69) is 10.6 Å². The summed E-state index contributed by atoms with van der Waals surface area (Å²) in [6, 6.07) is 9.14. The second-order valence-electron chi connectivity index (χ2n) is 8.32. The molecule has 3 rings (SSSR count). The number of carbonyl (C=O) groups excluding carboxylic acids is 1. The molecule has 1 saturated heterocycles. The molecule has 1 heterocycles. The van der Waals surface area contributed by atoms with Crippen LogP contribution in [0.5, 0.6) is 5.75 Å². The zero-order valence-corrected chi connectivity index (χ0v) is 19.5. The average molecular weight is 475 g/mol. The van der Waals surface area contributed by atoms with E-state index >= 15 is 4.39 Å². The van der Waals surface area contributed by atoms with Gasteiger partial charge in [-0.1, -0.05) is 30.7 Å². The van der Waals surface area contributed by atoms with Crippen LogP contribution in [-0.4, -0.2) is 37.0 Å². The van der Waals surface area contributed by atoms with Crippen molar-refractivity contribution in [2.75, 3.05) is 13.2 Å². The number of amides is 1. The second kappa shape index (κ2) is 11.9. The quantitative estimate of drug-likeness (QED) is 0.311. The standard InChI is InChI=1S/C25H32F2N4O3/c1-3-33-23(25(32)31-14-16-7-9-17(10-8-16)24(28)29)21-18(26)11-12-20(22(21)27)34-15(2)19-6-4-5-13-30-19/h7-12,15,19,23,30H,3-6,13-14H2,1-2H3,(H3,28,29)(H,31,32). The zero-order valence-electron chi connectivity index (χ0n) is 19.5. The molecule has 3 unspecified atom stereocenters. The van der Waals surface area contributed by atoms with Gasteiger partial charge in [-0.2, -0.15) is 0 Å². The highest BCUT2D eigenvalue weighted by Gasteiger charge is 2.31. The summed E-state index contributed by atoms with van der Waals surface area (Å²) in [4.78, 5) is 12.9. The maximum atomic E-state index is 15.4. The van der Waals surface area contributed by atoms with Gasteiger partial charge in [-0.25, -0.2) is 8.78 Å². The summed E-state index contributed by atoms with van der Waals surface area (Å²) in [7, 11) is 0. The molecule has 184 valence electrons. The molecule has 1 aliphatic heterocycles. The predicted molar refractivity (Wildman–Crippen MR) is 126 cm³/mol. The molecule has 0 aliphatic carbocycles. The molecule has 2 aromatic carbocycles. The first-order valence-electron chi connectivity index (χ1n) is 11.5. The minimum Gasteiger partial charge on any atom is -0.486 e. The highest BCUT2D eigenvalue weighted by atomic mass is 19.1. The third-order valence-electron chi connectivity index (χ3n) is 5.88. The fourth-order valence-electron chi connectivity index (χ4n) is 3.98. The molecule has 5 N–H and O–H groups in total. The van der Waals surface area contributed by atoms with Gasteiger partial charge in [0.1, 0.15) is 17.8 Å². The van der Waals surface area contributed by atoms with E-state index in [0.29, 0.717) is 5.56 Å². The molecule has 0 bridgehead atoms. The molecule has 2 aromatic rings. The number of nitrogens with one attached hydrogen (secondary N) is 3. The van der Waals surface area contributed by atoms with Crippen LogP contribution in [0.25, 0.3) is 0 Å². The third kappa shape index (κ3) is 6.30. The third-order valence-corrected chi connectivity index (χ3v) is 5.88. The van der Waals surface area contributed by atoms with Crippen LogP contribution in [0.3, 0.4) is 0 Å². The summed E-state index contributed by atoms with van der Waals surface area (Å²) in [5.74, 6) is -2.67. The number of nitrogens with two attached hydrogens (primary N) is 1. The lowest BCUT2D eigenvalue weighted by atomic mass is 10.0. The Morgan fingerprint density at radius 1 is 1.24 bits per heavy atom. The minimum absolute atomic E-state index is 0.0615. The Bertz CT molecular complexity index is 994. The fourth-order valence-corrected chi connectivity index (χ4v) is 3.98. The summed E-state index contributed by atoms with van der Waals surface area (Å²) in [6.45, 7) is 4.56. The lowest BCUT2D eigenvalue weighted by Gasteiger charge is -2.29. The van der Waals surface area contributed by atoms with Crippen LogP contribution in [0.2, 0.25) is 0 Å². The minimum atomic E-state index is -1.48. The zero-order chi connectivity index (χ0) is 24.7. The first-order chi connectivity index (χ1) is 16.3. The Kier molecular flexibility index (Phi) is 8.95. The van der Waals surface area contributed by atoms with Gasteiger partial charge in [0, 0.05) is 24.8 Å². The van der Waals surface area contributed by atoms with Crippen LogP contribution >= 0.6 is 0 Å². The first kappa shape index (κ1) is 25.6. The largest absolute Gasteiger partial charge is 0.486 e. The molecule has 7 nitrogen and oxygen atoms in total. The summed E-state index contributed by atoms with van der Waals surface area (Å²) >= 11 is 0. The lowest BCUT2D eigenvalue weighted by Crippen LogP contribution is -2.44. The fraction of sp³-hybridized carbons (Fsp3) is 0.440. The van der Waals surface area contributed by atoms with Crippen molar-refractivity contribution in [3.8, 4) is 5.75 Å². The van der Waals surface area contributed by atoms with Gasteiger partial charge >= 0.3 is 0 Å². The van der Waals surface area contributed by atoms with Gasteiger partial charge in [0.05, 0.1) is 5.56 Å². The number of benzene rings is 2. The number of carbonyl (C=O) groups is 1. The highest BCUT2D eigenvalue weighted by Crippen LogP contribution is 2.31. The average Bonchev–Trinajstić information content (AvgIpc) is 2.84. The number of hydrogen-bond acceptors (Lipinski definition) is 5. The van der Waals surface area contributed by atoms with Crippen molar-refractivity contribution >= 4 is 11.7 Å². The molecule has 0 spiro atoms. The maximum Gasteiger partial charge on any atom is 0.254 e. The van der Waals surface area contributed by atoms with Crippen molar-refractivity contribution in [3.63, 3.8) is 0 Å². The summed E-state index contributed by atoms with van der Waals surface area (Å²) < 4.78 is 41.4. The van der Waals surface area contributed by atoms with Crippen molar-refractivity contribution in [1.29, 1.82) is 5.41 Å². The van der Waals surface area contributed by atoms with E-state index in [-0.39, 0.29) is 36.9 Å². The lowest BCUT2D eigenvalue weighted by molar-refractivity contribution is -0.133. The number of amidine groups is 1. The summed E-state index contributed by atoms with van der Waals surface area (Å²) in [6.07, 6.45) is 1.25. The van der Waals surface area contributed by atoms with Gasteiger partial charge in [0.2, 0.25) is 0 Å². The second-order valence-corrected chi connectivity index (χ2v) is 8.32. The van der Waals surface area contributed by atoms with Crippen LogP contribution in [0, 0.1) is 17.0 Å². The van der Waals surface area contributed by atoms with E-state index in [1.807, 2.05) is 6.92 Å². The van der Waals surface area contributed by atoms with E-state index in [4.69, 9.17) is 20.6 Å². The van der Waals surface area contributed by atoms with Crippen LogP contribution < -0.4 is 21.1 Å². The van der Waals surface area contributed by atoms with Gasteiger partial charge < -0.3 is 25.8 Å². The van der Waals surface area contributed by atoms with E-state index in [1.165, 1.54) is 6.07 Å². The molecule has 9 heteroatoms. The van der Waals surface area contributed by atoms with E-state index in [9.17, 15) is 9.18 Å². The molecule has 1 aliphatic rings. The smallest absolute Gasteiger partial charge is 0.254 e. The van der Waals surface area contributed by atoms with E-state index < -0.39 is 29.2 Å². The van der Waals surface area contributed by atoms with Crippen molar-refractivity contribution in [2.24, 2.45) is 5.73 Å². The van der Waals surface area contributed by atoms with Crippen molar-refractivity contribution < 1.29 is 23.0 Å². The molecule has 0 aromatic heterocycles. The van der Waals surface area contributed by atoms with Crippen LogP contribution in [0.15, 0.2) is 36.4 Å². The Morgan fingerprint density at radius 3 is 2.59 bits per heavy atom. The van der Waals surface area contributed by atoms with Gasteiger partial charge in [0.25, 0.3) is 5.91 Å². The van der Waals surface area contributed by atoms with Crippen molar-refractivity contribution in [2.45, 2.75) is 57.9 Å². The molecular weight excluding hydrogens is 442 g/mol. The monoisotopic (exact) mass is 474 g/mol. The van der Waals surface area contributed by atoms with Crippen molar-refractivity contribution in [1.82, 2.24) is 10.6 Å². The van der Waals surface area contributed by atoms with Crippen LogP contribution in [0.4, 0.5) is 8.78 Å². The predicted octanol–water partition coefficient (Wildman–Crippen LogP) is 3.55. The van der Waals surface area contributed by atoms with E-state index in [1.54, 1.807) is 31.2 Å². The Morgan fingerprint density at radius 2 is 1.97 bits per heavy atom. The molecule has 34 heavy (non-hydrogen) atoms. The first-order valence-corrected chi connectivity index (χ1v) is 11.5. The van der Waals surface area contributed by atoms with Gasteiger partial charge in [-0.05, 0) is 50.9 Å². The molecular formula is C25H32F2N4O3. The molecule has 1 amide bonds. The van der Waals surface area contributed by atoms with Crippen molar-refractivity contribution in [3.05, 3.63) is 64.7 Å². The van der Waals surface area contributed by atoms with E-state index in [0.717, 1.165) is 37.4 Å². The number of piperidine rings is 1. The highest BCUT2D eigenvalue weighted by molar-refractivity contribution is 5.94. The number of rotatable bonds is 10. The normalized spacial score (nSPS) is 17.6. The maximum absolute atomic E-state index is 15.4. The summed E-state index contributed by atoms with van der Waals surface area (Å²) in [5, 5.41) is 13.5. The Balaban J connectivity index is 1.76. The van der Waals surface area contributed by atoms with Gasteiger partial charge in [0.15, 0.2) is 17.7 Å². The Labute approximate surface area is 198 Å². The molecule has 1 fully saturated rings. The van der Waals surface area contributed by atoms with Crippen LogP contribution in [-0.2, 0) is 16.1 Å². The number of nitrogen functional groups attached to an aromatic ring is 1. The topological polar surface area (TPSA) is 109 Å². The number of ether oxygens (including phenoxy) is 2. The SMILES string of the molecule is CCOC(C(=O)NCc1ccc(C(=N)N)cc1)c1c(F)ccc(OC(C)C2CCCCN2)c1F. The molecule has 0 saturated carbocycles. The van der Waals surface area contributed by atoms with Gasteiger partial charge in [-0.3, -0.25) is 10.2 Å². The number of halogens is 2. The summed E-state index contributed by atoms with van der Waals surface area (Å²) in [5.41, 5.74) is 6.26. The van der Waals surface area contributed by atoms with Crippen LogP contribution in [0.1, 0.15) is 55.9 Å².